The number of rotatable bonds is 4. The highest BCUT2D eigenvalue weighted by molar-refractivity contribution is 5.77. The Morgan fingerprint density at radius 3 is 2.72 bits per heavy atom. The number of carboxylic acids is 1. The van der Waals surface area contributed by atoms with Gasteiger partial charge in [-0.2, -0.15) is 0 Å². The van der Waals surface area contributed by atoms with Gasteiger partial charge in [-0.05, 0) is 51.5 Å². The summed E-state index contributed by atoms with van der Waals surface area (Å²) in [7, 11) is 0. The summed E-state index contributed by atoms with van der Waals surface area (Å²) >= 11 is 0. The Labute approximate surface area is 110 Å². The maximum atomic E-state index is 11.0. The summed E-state index contributed by atoms with van der Waals surface area (Å²) in [4.78, 5) is 13.5. The molecule has 4 heteroatoms. The van der Waals surface area contributed by atoms with Crippen LogP contribution in [0.15, 0.2) is 0 Å². The van der Waals surface area contributed by atoms with Crippen molar-refractivity contribution in [2.45, 2.75) is 63.5 Å². The van der Waals surface area contributed by atoms with E-state index in [1.807, 2.05) is 0 Å². The Bertz CT molecular complexity index is 302. The number of aliphatic carboxylic acids is 1. The second-order valence-corrected chi connectivity index (χ2v) is 6.26. The van der Waals surface area contributed by atoms with Crippen LogP contribution in [0, 0.1) is 5.92 Å². The second kappa shape index (κ2) is 5.57. The Kier molecular flexibility index (Phi) is 4.28. The first-order valence-electron chi connectivity index (χ1n) is 7.27. The van der Waals surface area contributed by atoms with E-state index in [1.54, 1.807) is 6.92 Å². The van der Waals surface area contributed by atoms with E-state index in [4.69, 9.17) is 10.8 Å². The lowest BCUT2D eigenvalue weighted by Crippen LogP contribution is -2.51. The van der Waals surface area contributed by atoms with Crippen molar-refractivity contribution in [3.63, 3.8) is 0 Å². The van der Waals surface area contributed by atoms with Crippen LogP contribution in [0.2, 0.25) is 0 Å². The SMILES string of the molecule is CC(N)(CCN1CCC[C@H]2CCCC[C@H]21)C(=O)O. The molecule has 0 aromatic carbocycles. The number of fused-ring (bicyclic) bond motifs is 1. The first-order chi connectivity index (χ1) is 8.50. The van der Waals surface area contributed by atoms with Crippen molar-refractivity contribution in [1.29, 1.82) is 0 Å². The maximum absolute atomic E-state index is 11.0. The monoisotopic (exact) mass is 254 g/mol. The normalized spacial score (nSPS) is 32.6. The van der Waals surface area contributed by atoms with Crippen molar-refractivity contribution < 1.29 is 9.90 Å². The van der Waals surface area contributed by atoms with Crippen molar-refractivity contribution in [3.05, 3.63) is 0 Å². The van der Waals surface area contributed by atoms with E-state index in [-0.39, 0.29) is 0 Å². The molecule has 3 atom stereocenters. The van der Waals surface area contributed by atoms with Gasteiger partial charge in [-0.1, -0.05) is 12.8 Å². The van der Waals surface area contributed by atoms with Gasteiger partial charge in [-0.3, -0.25) is 4.79 Å². The van der Waals surface area contributed by atoms with Gasteiger partial charge in [0.15, 0.2) is 0 Å². The van der Waals surface area contributed by atoms with Crippen LogP contribution in [-0.4, -0.2) is 40.6 Å². The number of nitrogens with zero attached hydrogens (tertiary/aromatic N) is 1. The van der Waals surface area contributed by atoms with Crippen LogP contribution in [-0.2, 0) is 4.79 Å². The average Bonchev–Trinajstić information content (AvgIpc) is 2.36. The van der Waals surface area contributed by atoms with Crippen LogP contribution in [0.1, 0.15) is 51.9 Å². The zero-order valence-electron chi connectivity index (χ0n) is 11.4. The molecule has 2 aliphatic rings. The molecule has 2 rings (SSSR count). The van der Waals surface area contributed by atoms with Crippen LogP contribution in [0.3, 0.4) is 0 Å². The van der Waals surface area contributed by atoms with Gasteiger partial charge in [0.2, 0.25) is 0 Å². The molecule has 4 nitrogen and oxygen atoms in total. The van der Waals surface area contributed by atoms with Gasteiger partial charge < -0.3 is 15.7 Å². The summed E-state index contributed by atoms with van der Waals surface area (Å²) in [6, 6.07) is 0.692. The third-order valence-electron chi connectivity index (χ3n) is 4.77. The molecular formula is C14H26N2O2. The van der Waals surface area contributed by atoms with Crippen molar-refractivity contribution in [2.24, 2.45) is 11.7 Å². The molecule has 1 saturated carbocycles. The van der Waals surface area contributed by atoms with Crippen molar-refractivity contribution in [3.8, 4) is 0 Å². The zero-order chi connectivity index (χ0) is 13.2. The number of carbonyl (C=O) groups is 1. The molecule has 0 bridgehead atoms. The topological polar surface area (TPSA) is 66.6 Å². The lowest BCUT2D eigenvalue weighted by atomic mass is 9.78. The van der Waals surface area contributed by atoms with Crippen LogP contribution in [0.5, 0.6) is 0 Å². The standard InChI is InChI=1S/C14H26N2O2/c1-14(15,13(17)18)8-10-16-9-4-6-11-5-2-3-7-12(11)16/h11-12H,2-10,15H2,1H3,(H,17,18)/t11-,12-,14?/m1/s1. The molecule has 0 radical (unpaired) electrons. The quantitative estimate of drug-likeness (QED) is 0.803. The first-order valence-corrected chi connectivity index (χ1v) is 7.27. The van der Waals surface area contributed by atoms with E-state index in [2.05, 4.69) is 4.90 Å². The maximum Gasteiger partial charge on any atom is 0.323 e. The number of hydrogen-bond acceptors (Lipinski definition) is 3. The summed E-state index contributed by atoms with van der Waals surface area (Å²) in [5.74, 6) is -0.0407. The highest BCUT2D eigenvalue weighted by Crippen LogP contribution is 2.35. The zero-order valence-corrected chi connectivity index (χ0v) is 11.4. The minimum atomic E-state index is -1.08. The van der Waals surface area contributed by atoms with E-state index in [0.29, 0.717) is 12.5 Å². The van der Waals surface area contributed by atoms with Gasteiger partial charge in [-0.15, -0.1) is 0 Å². The van der Waals surface area contributed by atoms with Crippen molar-refractivity contribution in [1.82, 2.24) is 4.90 Å². The number of nitrogens with two attached hydrogens (primary N) is 1. The van der Waals surface area contributed by atoms with Crippen molar-refractivity contribution >= 4 is 5.97 Å². The highest BCUT2D eigenvalue weighted by atomic mass is 16.4. The Morgan fingerprint density at radius 1 is 1.33 bits per heavy atom. The molecule has 1 unspecified atom stereocenters. The lowest BCUT2D eigenvalue weighted by molar-refractivity contribution is -0.143. The molecule has 1 saturated heterocycles. The second-order valence-electron chi connectivity index (χ2n) is 6.26. The predicted molar refractivity (Wildman–Crippen MR) is 71.4 cm³/mol. The minimum absolute atomic E-state index is 0.547. The minimum Gasteiger partial charge on any atom is -0.480 e. The smallest absolute Gasteiger partial charge is 0.323 e. The van der Waals surface area contributed by atoms with Crippen LogP contribution < -0.4 is 5.73 Å². The predicted octanol–water partition coefficient (Wildman–Crippen LogP) is 1.83. The van der Waals surface area contributed by atoms with Crippen molar-refractivity contribution in [2.75, 3.05) is 13.1 Å². The summed E-state index contributed by atoms with van der Waals surface area (Å²) in [6.45, 7) is 3.58. The Morgan fingerprint density at radius 2 is 2.00 bits per heavy atom. The fourth-order valence-electron chi connectivity index (χ4n) is 3.49. The van der Waals surface area contributed by atoms with Crippen LogP contribution >= 0.6 is 0 Å². The third kappa shape index (κ3) is 3.04. The van der Waals surface area contributed by atoms with Gasteiger partial charge >= 0.3 is 5.97 Å². The Balaban J connectivity index is 1.90. The molecule has 3 N–H and O–H groups in total. The summed E-state index contributed by atoms with van der Waals surface area (Å²) in [6.07, 6.45) is 8.52. The summed E-state index contributed by atoms with van der Waals surface area (Å²) < 4.78 is 0. The average molecular weight is 254 g/mol. The number of likely N-dealkylation sites (tertiary alicyclic amines) is 1. The van der Waals surface area contributed by atoms with Gasteiger partial charge in [0.1, 0.15) is 5.54 Å². The van der Waals surface area contributed by atoms with Gasteiger partial charge in [0.05, 0.1) is 0 Å². The first kappa shape index (κ1) is 13.8. The third-order valence-corrected chi connectivity index (χ3v) is 4.77. The van der Waals surface area contributed by atoms with E-state index in [1.165, 1.54) is 38.5 Å². The number of hydrogen-bond donors (Lipinski definition) is 2. The van der Waals surface area contributed by atoms with E-state index in [9.17, 15) is 4.79 Å². The molecule has 1 heterocycles. The molecule has 0 aromatic rings. The fourth-order valence-corrected chi connectivity index (χ4v) is 3.49. The van der Waals surface area contributed by atoms with Crippen LogP contribution in [0.25, 0.3) is 0 Å². The molecule has 0 aromatic heterocycles. The number of carboxylic acid groups (broad SMARTS) is 1. The van der Waals surface area contributed by atoms with Gasteiger partial charge in [0.25, 0.3) is 0 Å². The summed E-state index contributed by atoms with van der Waals surface area (Å²) in [5, 5.41) is 9.06. The Hall–Kier alpha value is -0.610. The van der Waals surface area contributed by atoms with Gasteiger partial charge in [0, 0.05) is 12.6 Å². The molecule has 1 aliphatic heterocycles. The molecule has 2 fully saturated rings. The summed E-state index contributed by atoms with van der Waals surface area (Å²) in [5.41, 5.74) is 4.74. The molecular weight excluding hydrogens is 228 g/mol. The molecule has 0 spiro atoms. The van der Waals surface area contributed by atoms with Crippen LogP contribution in [0.4, 0.5) is 0 Å². The molecule has 0 amide bonds. The number of piperidine rings is 1. The fraction of sp³-hybridized carbons (Fsp3) is 0.929. The lowest BCUT2D eigenvalue weighted by Gasteiger charge is -2.44. The van der Waals surface area contributed by atoms with E-state index >= 15 is 0 Å². The van der Waals surface area contributed by atoms with E-state index in [0.717, 1.165) is 19.0 Å². The molecule has 104 valence electrons. The van der Waals surface area contributed by atoms with Gasteiger partial charge in [-0.25, -0.2) is 0 Å². The van der Waals surface area contributed by atoms with E-state index < -0.39 is 11.5 Å². The molecule has 1 aliphatic carbocycles. The largest absolute Gasteiger partial charge is 0.480 e. The molecule has 18 heavy (non-hydrogen) atoms. The highest BCUT2D eigenvalue weighted by Gasteiger charge is 2.35.